The fourth-order valence-electron chi connectivity index (χ4n) is 3.45. The number of aromatic nitrogens is 5. The molecular formula is C22H19F2N5O2. The second-order valence-electron chi connectivity index (χ2n) is 6.93. The number of hydrogen-bond donors (Lipinski definition) is 0. The number of hydrogen-bond acceptors (Lipinski definition) is 5. The first-order valence-electron chi connectivity index (χ1n) is 9.53. The van der Waals surface area contributed by atoms with E-state index in [1.54, 1.807) is 18.2 Å². The van der Waals surface area contributed by atoms with Crippen LogP contribution in [0.5, 0.6) is 5.75 Å². The summed E-state index contributed by atoms with van der Waals surface area (Å²) >= 11 is 0. The Bertz CT molecular complexity index is 1200. The van der Waals surface area contributed by atoms with E-state index in [0.29, 0.717) is 11.4 Å². The van der Waals surface area contributed by atoms with Gasteiger partial charge in [0.2, 0.25) is 5.82 Å². The number of carbonyl (C=O) groups excluding carboxylic acids is 1. The summed E-state index contributed by atoms with van der Waals surface area (Å²) in [6.45, 7) is 0.770. The Morgan fingerprint density at radius 2 is 1.77 bits per heavy atom. The lowest BCUT2D eigenvalue weighted by Crippen LogP contribution is -2.14. The molecule has 0 aliphatic carbocycles. The molecule has 0 aliphatic rings. The van der Waals surface area contributed by atoms with Crippen molar-refractivity contribution in [2.24, 2.45) is 0 Å². The first-order chi connectivity index (χ1) is 14.9. The van der Waals surface area contributed by atoms with Gasteiger partial charge in [0, 0.05) is 28.2 Å². The number of alkyl halides is 2. The van der Waals surface area contributed by atoms with Crippen LogP contribution in [0.3, 0.4) is 0 Å². The van der Waals surface area contributed by atoms with Crippen LogP contribution in [0.2, 0.25) is 0 Å². The van der Waals surface area contributed by atoms with E-state index in [2.05, 4.69) is 20.1 Å². The number of ketones is 1. The van der Waals surface area contributed by atoms with Gasteiger partial charge < -0.3 is 9.30 Å². The third-order valence-corrected chi connectivity index (χ3v) is 4.82. The smallest absolute Gasteiger partial charge is 0.387 e. The molecule has 7 nitrogen and oxygen atoms in total. The number of tetrazole rings is 1. The number of ether oxygens (including phenoxy) is 1. The summed E-state index contributed by atoms with van der Waals surface area (Å²) in [5.41, 5.74) is 3.65. The minimum absolute atomic E-state index is 0.0503. The molecule has 4 rings (SSSR count). The van der Waals surface area contributed by atoms with E-state index in [4.69, 9.17) is 0 Å². The van der Waals surface area contributed by atoms with Gasteiger partial charge in [0.15, 0.2) is 5.78 Å². The maximum atomic E-state index is 12.9. The minimum Gasteiger partial charge on any atom is -0.435 e. The molecule has 0 N–H and O–H groups in total. The van der Waals surface area contributed by atoms with E-state index in [1.165, 1.54) is 16.9 Å². The van der Waals surface area contributed by atoms with Crippen molar-refractivity contribution in [3.8, 4) is 22.8 Å². The summed E-state index contributed by atoms with van der Waals surface area (Å²) in [7, 11) is 0. The van der Waals surface area contributed by atoms with Crippen LogP contribution in [-0.4, -0.2) is 37.2 Å². The molecule has 0 atom stereocenters. The Balaban J connectivity index is 1.54. The molecule has 0 aliphatic heterocycles. The topological polar surface area (TPSA) is 74.8 Å². The number of nitrogens with zero attached hydrogens (tertiary/aromatic N) is 5. The molecule has 2 aromatic carbocycles. The van der Waals surface area contributed by atoms with Crippen molar-refractivity contribution < 1.29 is 18.3 Å². The lowest BCUT2D eigenvalue weighted by Gasteiger charge is -2.11. The van der Waals surface area contributed by atoms with Gasteiger partial charge in [0.1, 0.15) is 12.3 Å². The predicted octanol–water partition coefficient (Wildman–Crippen LogP) is 4.23. The molecule has 31 heavy (non-hydrogen) atoms. The van der Waals surface area contributed by atoms with Crippen molar-refractivity contribution in [1.82, 2.24) is 24.8 Å². The fraction of sp³-hybridized carbons (Fsp3) is 0.182. The quantitative estimate of drug-likeness (QED) is 0.416. The van der Waals surface area contributed by atoms with Gasteiger partial charge in [-0.25, -0.2) is 0 Å². The SMILES string of the molecule is Cc1cc(C(=O)Cn2nnc(-c3ccccc3)n2)c(C)n1-c1ccc(OC(F)F)cc1. The second kappa shape index (κ2) is 8.47. The lowest BCUT2D eigenvalue weighted by molar-refractivity contribution is -0.0498. The first kappa shape index (κ1) is 20.4. The highest BCUT2D eigenvalue weighted by Gasteiger charge is 2.18. The van der Waals surface area contributed by atoms with Crippen LogP contribution >= 0.6 is 0 Å². The van der Waals surface area contributed by atoms with E-state index >= 15 is 0 Å². The van der Waals surface area contributed by atoms with Crippen molar-refractivity contribution in [3.63, 3.8) is 0 Å². The molecule has 0 spiro atoms. The number of rotatable bonds is 7. The van der Waals surface area contributed by atoms with Gasteiger partial charge in [0.05, 0.1) is 0 Å². The number of Topliss-reactive ketones (excluding diaryl/α,β-unsaturated/α-hetero) is 1. The third-order valence-electron chi connectivity index (χ3n) is 4.82. The van der Waals surface area contributed by atoms with Crippen molar-refractivity contribution in [2.75, 3.05) is 0 Å². The zero-order valence-electron chi connectivity index (χ0n) is 16.9. The summed E-state index contributed by atoms with van der Waals surface area (Å²) in [6.07, 6.45) is 0. The Morgan fingerprint density at radius 1 is 1.06 bits per heavy atom. The Kier molecular flexibility index (Phi) is 5.57. The average molecular weight is 423 g/mol. The molecule has 0 saturated heterocycles. The lowest BCUT2D eigenvalue weighted by atomic mass is 10.1. The van der Waals surface area contributed by atoms with Gasteiger partial charge in [-0.2, -0.15) is 13.6 Å². The molecule has 0 fully saturated rings. The van der Waals surface area contributed by atoms with Crippen LogP contribution in [0, 0.1) is 13.8 Å². The van der Waals surface area contributed by atoms with E-state index in [9.17, 15) is 13.6 Å². The van der Waals surface area contributed by atoms with Gasteiger partial charge in [-0.05, 0) is 49.4 Å². The van der Waals surface area contributed by atoms with Gasteiger partial charge in [0.25, 0.3) is 0 Å². The van der Waals surface area contributed by atoms with E-state index < -0.39 is 6.61 Å². The van der Waals surface area contributed by atoms with Crippen molar-refractivity contribution in [1.29, 1.82) is 0 Å². The van der Waals surface area contributed by atoms with Gasteiger partial charge in [-0.1, -0.05) is 30.3 Å². The summed E-state index contributed by atoms with van der Waals surface area (Å²) < 4.78 is 31.0. The van der Waals surface area contributed by atoms with Crippen LogP contribution in [0.15, 0.2) is 60.7 Å². The standard InChI is InChI=1S/C22H19F2N5O2/c1-14-12-19(15(2)29(14)17-8-10-18(11-9-17)31-22(23)24)20(30)13-28-26-21(25-27-28)16-6-4-3-5-7-16/h3-12,22H,13H2,1-2H3. The molecule has 2 heterocycles. The molecule has 0 unspecified atom stereocenters. The molecule has 0 saturated carbocycles. The van der Waals surface area contributed by atoms with E-state index in [1.807, 2.05) is 48.7 Å². The van der Waals surface area contributed by atoms with Gasteiger partial charge >= 0.3 is 6.61 Å². The molecule has 0 radical (unpaired) electrons. The second-order valence-corrected chi connectivity index (χ2v) is 6.93. The van der Waals surface area contributed by atoms with Crippen LogP contribution < -0.4 is 4.74 Å². The van der Waals surface area contributed by atoms with Crippen molar-refractivity contribution in [2.45, 2.75) is 27.0 Å². The maximum absolute atomic E-state index is 12.9. The summed E-state index contributed by atoms with van der Waals surface area (Å²) in [6, 6.07) is 17.4. The molecule has 158 valence electrons. The summed E-state index contributed by atoms with van der Waals surface area (Å²) in [5.74, 6) is 0.364. The zero-order chi connectivity index (χ0) is 22.0. The maximum Gasteiger partial charge on any atom is 0.387 e. The number of carbonyl (C=O) groups is 1. The van der Waals surface area contributed by atoms with Crippen molar-refractivity contribution >= 4 is 5.78 Å². The van der Waals surface area contributed by atoms with Gasteiger partial charge in [-0.3, -0.25) is 4.79 Å². The molecule has 0 bridgehead atoms. The number of halogens is 2. The molecule has 0 amide bonds. The molecule has 4 aromatic rings. The largest absolute Gasteiger partial charge is 0.435 e. The zero-order valence-corrected chi connectivity index (χ0v) is 16.9. The van der Waals surface area contributed by atoms with E-state index in [0.717, 1.165) is 22.6 Å². The van der Waals surface area contributed by atoms with Crippen LogP contribution in [0.25, 0.3) is 17.1 Å². The van der Waals surface area contributed by atoms with E-state index in [-0.39, 0.29) is 18.1 Å². The predicted molar refractivity (Wildman–Crippen MR) is 109 cm³/mol. The first-order valence-corrected chi connectivity index (χ1v) is 9.53. The third kappa shape index (κ3) is 4.35. The highest BCUT2D eigenvalue weighted by atomic mass is 19.3. The minimum atomic E-state index is -2.88. The Morgan fingerprint density at radius 3 is 2.45 bits per heavy atom. The number of benzene rings is 2. The van der Waals surface area contributed by atoms with Crippen LogP contribution in [0.1, 0.15) is 21.7 Å². The molecule has 2 aromatic heterocycles. The number of aryl methyl sites for hydroxylation is 1. The van der Waals surface area contributed by atoms with Crippen molar-refractivity contribution in [3.05, 3.63) is 77.6 Å². The van der Waals surface area contributed by atoms with Crippen LogP contribution in [-0.2, 0) is 6.54 Å². The monoisotopic (exact) mass is 423 g/mol. The molecular weight excluding hydrogens is 404 g/mol. The fourth-order valence-corrected chi connectivity index (χ4v) is 3.45. The highest BCUT2D eigenvalue weighted by Crippen LogP contribution is 2.24. The van der Waals surface area contributed by atoms with Crippen LogP contribution in [0.4, 0.5) is 8.78 Å². The summed E-state index contributed by atoms with van der Waals surface area (Å²) in [4.78, 5) is 14.2. The summed E-state index contributed by atoms with van der Waals surface area (Å²) in [5, 5.41) is 12.3. The molecule has 9 heteroatoms. The Labute approximate surface area is 176 Å². The average Bonchev–Trinajstić information content (AvgIpc) is 3.33. The normalized spacial score (nSPS) is 11.1. The van der Waals surface area contributed by atoms with Gasteiger partial charge in [-0.15, -0.1) is 10.2 Å². The Hall–Kier alpha value is -3.88. The highest BCUT2D eigenvalue weighted by molar-refractivity contribution is 5.97.